The first-order chi connectivity index (χ1) is 16.1. The highest BCUT2D eigenvalue weighted by atomic mass is 16.6. The van der Waals surface area contributed by atoms with E-state index in [1.54, 1.807) is 13.0 Å². The Hall–Kier alpha value is -2.57. The van der Waals surface area contributed by atoms with Gasteiger partial charge >= 0.3 is 6.09 Å². The second-order valence-corrected chi connectivity index (χ2v) is 11.2. The van der Waals surface area contributed by atoms with E-state index in [2.05, 4.69) is 0 Å². The van der Waals surface area contributed by atoms with E-state index in [0.29, 0.717) is 31.0 Å². The maximum atomic E-state index is 13.4. The number of benzene rings is 1. The second-order valence-electron chi connectivity index (χ2n) is 11.2. The van der Waals surface area contributed by atoms with Gasteiger partial charge in [0.1, 0.15) is 18.0 Å². The Labute approximate surface area is 202 Å². The van der Waals surface area contributed by atoms with Gasteiger partial charge in [0.25, 0.3) is 0 Å². The van der Waals surface area contributed by atoms with Gasteiger partial charge in [0, 0.05) is 36.7 Å². The molecule has 4 rings (SSSR count). The standard InChI is InChI=1S/C27H38N2O5/c1-19(30)21-5-6-22-18-29(15-16-33-23(22)17-21)24(31)20-7-9-27(10-8-20)11-13-28(14-12-27)25(32)34-26(2,3)4/h5-6,17,20H,7-16,18H2,1-4H3. The molecule has 7 heteroatoms. The lowest BCUT2D eigenvalue weighted by Gasteiger charge is -2.46. The Morgan fingerprint density at radius 3 is 2.29 bits per heavy atom. The van der Waals surface area contributed by atoms with Gasteiger partial charge < -0.3 is 19.3 Å². The maximum absolute atomic E-state index is 13.4. The Balaban J connectivity index is 1.31. The minimum atomic E-state index is -0.473. The number of amides is 2. The van der Waals surface area contributed by atoms with Crippen LogP contribution in [0, 0.1) is 11.3 Å². The Morgan fingerprint density at radius 1 is 1.00 bits per heavy atom. The minimum absolute atomic E-state index is 0.0108. The van der Waals surface area contributed by atoms with Crippen LogP contribution < -0.4 is 4.74 Å². The molecule has 1 aliphatic carbocycles. The van der Waals surface area contributed by atoms with Crippen molar-refractivity contribution in [3.05, 3.63) is 29.3 Å². The molecule has 0 bridgehead atoms. The van der Waals surface area contributed by atoms with Crippen LogP contribution in [0.15, 0.2) is 18.2 Å². The summed E-state index contributed by atoms with van der Waals surface area (Å²) >= 11 is 0. The molecular formula is C27H38N2O5. The zero-order chi connectivity index (χ0) is 24.5. The number of ketones is 1. The Bertz CT molecular complexity index is 933. The molecule has 0 aromatic heterocycles. The first-order valence-electron chi connectivity index (χ1n) is 12.6. The lowest BCUT2D eigenvalue weighted by atomic mass is 9.65. The number of ether oxygens (including phenoxy) is 2. The van der Waals surface area contributed by atoms with E-state index in [1.165, 1.54) is 0 Å². The van der Waals surface area contributed by atoms with Crippen molar-refractivity contribution in [3.63, 3.8) is 0 Å². The van der Waals surface area contributed by atoms with Crippen LogP contribution in [0.5, 0.6) is 5.75 Å². The molecule has 34 heavy (non-hydrogen) atoms. The molecule has 0 atom stereocenters. The zero-order valence-electron chi connectivity index (χ0n) is 21.0. The zero-order valence-corrected chi connectivity index (χ0v) is 21.0. The molecule has 3 aliphatic rings. The number of piperidine rings is 1. The monoisotopic (exact) mass is 470 g/mol. The highest BCUT2D eigenvalue weighted by molar-refractivity contribution is 5.94. The van der Waals surface area contributed by atoms with Crippen molar-refractivity contribution >= 4 is 17.8 Å². The van der Waals surface area contributed by atoms with Crippen molar-refractivity contribution in [2.45, 2.75) is 78.4 Å². The van der Waals surface area contributed by atoms with E-state index < -0.39 is 5.60 Å². The summed E-state index contributed by atoms with van der Waals surface area (Å²) in [5.41, 5.74) is 1.36. The van der Waals surface area contributed by atoms with Gasteiger partial charge in [0.15, 0.2) is 5.78 Å². The molecule has 2 amide bonds. The van der Waals surface area contributed by atoms with Gasteiger partial charge in [-0.3, -0.25) is 9.59 Å². The molecule has 1 spiro atoms. The highest BCUT2D eigenvalue weighted by Crippen LogP contribution is 2.47. The van der Waals surface area contributed by atoms with Crippen LogP contribution >= 0.6 is 0 Å². The fourth-order valence-electron chi connectivity index (χ4n) is 5.50. The number of carbonyl (C=O) groups excluding carboxylic acids is 3. The smallest absolute Gasteiger partial charge is 0.410 e. The second kappa shape index (κ2) is 9.59. The van der Waals surface area contributed by atoms with Crippen LogP contribution in [0.4, 0.5) is 4.79 Å². The number of nitrogens with zero attached hydrogens (tertiary/aromatic N) is 2. The summed E-state index contributed by atoms with van der Waals surface area (Å²) in [6, 6.07) is 5.51. The lowest BCUT2D eigenvalue weighted by molar-refractivity contribution is -0.138. The molecule has 0 unspecified atom stereocenters. The van der Waals surface area contributed by atoms with Crippen LogP contribution in [0.1, 0.15) is 82.1 Å². The van der Waals surface area contributed by atoms with Crippen LogP contribution in [-0.2, 0) is 16.1 Å². The molecule has 7 nitrogen and oxygen atoms in total. The number of Topliss-reactive ketones (excluding diaryl/α,β-unsaturated/α-hetero) is 1. The predicted octanol–water partition coefficient (Wildman–Crippen LogP) is 4.82. The first-order valence-corrected chi connectivity index (χ1v) is 12.6. The average Bonchev–Trinajstić information content (AvgIpc) is 3.00. The normalized spacial score (nSPS) is 20.8. The third kappa shape index (κ3) is 5.56. The van der Waals surface area contributed by atoms with Gasteiger partial charge in [-0.2, -0.15) is 0 Å². The molecular weight excluding hydrogens is 432 g/mol. The van der Waals surface area contributed by atoms with Gasteiger partial charge in [-0.1, -0.05) is 12.1 Å². The highest BCUT2D eigenvalue weighted by Gasteiger charge is 2.42. The lowest BCUT2D eigenvalue weighted by Crippen LogP contribution is -2.47. The number of rotatable bonds is 2. The van der Waals surface area contributed by atoms with Crippen molar-refractivity contribution in [3.8, 4) is 5.75 Å². The summed E-state index contributed by atoms with van der Waals surface area (Å²) in [4.78, 5) is 41.2. The molecule has 2 heterocycles. The van der Waals surface area contributed by atoms with Crippen LogP contribution in [-0.4, -0.2) is 59.4 Å². The molecule has 1 aromatic rings. The third-order valence-electron chi connectivity index (χ3n) is 7.64. The van der Waals surface area contributed by atoms with E-state index in [9.17, 15) is 14.4 Å². The minimum Gasteiger partial charge on any atom is -0.491 e. The van der Waals surface area contributed by atoms with Crippen LogP contribution in [0.25, 0.3) is 0 Å². The molecule has 2 fully saturated rings. The maximum Gasteiger partial charge on any atom is 0.410 e. The fraction of sp³-hybridized carbons (Fsp3) is 0.667. The summed E-state index contributed by atoms with van der Waals surface area (Å²) in [5, 5.41) is 0. The quantitative estimate of drug-likeness (QED) is 0.580. The number of hydrogen-bond donors (Lipinski definition) is 0. The predicted molar refractivity (Wildman–Crippen MR) is 129 cm³/mol. The van der Waals surface area contributed by atoms with Crippen molar-refractivity contribution < 1.29 is 23.9 Å². The van der Waals surface area contributed by atoms with Gasteiger partial charge in [-0.15, -0.1) is 0 Å². The van der Waals surface area contributed by atoms with Gasteiger partial charge in [-0.05, 0) is 77.7 Å². The van der Waals surface area contributed by atoms with Crippen LogP contribution in [0.3, 0.4) is 0 Å². The average molecular weight is 471 g/mol. The number of likely N-dealkylation sites (tertiary alicyclic amines) is 1. The summed E-state index contributed by atoms with van der Waals surface area (Å²) in [6.07, 6.45) is 5.62. The van der Waals surface area contributed by atoms with E-state index in [-0.39, 0.29) is 29.1 Å². The van der Waals surface area contributed by atoms with Crippen molar-refractivity contribution in [2.24, 2.45) is 11.3 Å². The molecule has 2 aliphatic heterocycles. The summed E-state index contributed by atoms with van der Waals surface area (Å²) in [5.74, 6) is 0.986. The van der Waals surface area contributed by atoms with Crippen molar-refractivity contribution in [1.82, 2.24) is 9.80 Å². The molecule has 0 N–H and O–H groups in total. The largest absolute Gasteiger partial charge is 0.491 e. The summed E-state index contributed by atoms with van der Waals surface area (Å²) in [6.45, 7) is 10.2. The molecule has 186 valence electrons. The van der Waals surface area contributed by atoms with Crippen LogP contribution in [0.2, 0.25) is 0 Å². The van der Waals surface area contributed by atoms with E-state index in [4.69, 9.17) is 9.47 Å². The summed E-state index contributed by atoms with van der Waals surface area (Å²) in [7, 11) is 0. The molecule has 1 saturated carbocycles. The fourth-order valence-corrected chi connectivity index (χ4v) is 5.50. The molecule has 1 saturated heterocycles. The van der Waals surface area contributed by atoms with Gasteiger partial charge in [0.05, 0.1) is 6.54 Å². The van der Waals surface area contributed by atoms with E-state index in [1.807, 2.05) is 42.7 Å². The van der Waals surface area contributed by atoms with Gasteiger partial charge in [0.2, 0.25) is 5.91 Å². The topological polar surface area (TPSA) is 76.2 Å². The van der Waals surface area contributed by atoms with Crippen molar-refractivity contribution in [2.75, 3.05) is 26.2 Å². The van der Waals surface area contributed by atoms with Gasteiger partial charge in [-0.25, -0.2) is 4.79 Å². The van der Waals surface area contributed by atoms with E-state index in [0.717, 1.165) is 57.2 Å². The van der Waals surface area contributed by atoms with E-state index >= 15 is 0 Å². The first kappa shape index (κ1) is 24.6. The Kier molecular flexibility index (Phi) is 6.92. The molecule has 0 radical (unpaired) electrons. The SMILES string of the molecule is CC(=O)c1ccc2c(c1)OCCN(C(=O)C1CCC3(CC1)CCN(C(=O)OC(C)(C)C)CC3)C2. The number of fused-ring (bicyclic) bond motifs is 1. The summed E-state index contributed by atoms with van der Waals surface area (Å²) < 4.78 is 11.4. The third-order valence-corrected chi connectivity index (χ3v) is 7.64. The number of carbonyl (C=O) groups is 3. The number of hydrogen-bond acceptors (Lipinski definition) is 5. The Morgan fingerprint density at radius 2 is 1.68 bits per heavy atom. The van der Waals surface area contributed by atoms with Crippen molar-refractivity contribution in [1.29, 1.82) is 0 Å². The molecule has 1 aromatic carbocycles.